The first-order valence-corrected chi connectivity index (χ1v) is 14.7. The first-order chi connectivity index (χ1) is 17.9. The van der Waals surface area contributed by atoms with Crippen molar-refractivity contribution in [2.45, 2.75) is 38.8 Å². The van der Waals surface area contributed by atoms with Crippen molar-refractivity contribution < 1.29 is 0 Å². The summed E-state index contributed by atoms with van der Waals surface area (Å²) >= 11 is 0. The summed E-state index contributed by atoms with van der Waals surface area (Å²) in [4.78, 5) is 5.22. The lowest BCUT2D eigenvalue weighted by atomic mass is 10.1. The molecule has 0 saturated carbocycles. The van der Waals surface area contributed by atoms with Crippen molar-refractivity contribution in [1.82, 2.24) is 41.7 Å². The Kier molecular flexibility index (Phi) is 16.3. The molecule has 0 bridgehead atoms. The molecular weight excluding hydrogens is 448 g/mol. The van der Waals surface area contributed by atoms with Gasteiger partial charge < -0.3 is 31.9 Å². The number of hydrogen-bond donors (Lipinski definition) is 6. The summed E-state index contributed by atoms with van der Waals surface area (Å²) in [5.74, 6) is 0. The van der Waals surface area contributed by atoms with Crippen molar-refractivity contribution >= 4 is 0 Å². The molecule has 8 heteroatoms. The molecule has 0 aromatic heterocycles. The maximum absolute atomic E-state index is 3.63. The Morgan fingerprint density at radius 3 is 1.17 bits per heavy atom. The van der Waals surface area contributed by atoms with Gasteiger partial charge in [-0.05, 0) is 89.2 Å². The highest BCUT2D eigenvalue weighted by molar-refractivity contribution is 5.22. The Morgan fingerprint density at radius 2 is 0.722 bits per heavy atom. The van der Waals surface area contributed by atoms with Crippen LogP contribution in [-0.4, -0.2) is 115 Å². The molecule has 3 rings (SSSR count). The van der Waals surface area contributed by atoms with Gasteiger partial charge in [-0.2, -0.15) is 0 Å². The molecule has 6 N–H and O–H groups in total. The summed E-state index contributed by atoms with van der Waals surface area (Å²) < 4.78 is 0. The minimum Gasteiger partial charge on any atom is -0.317 e. The quantitative estimate of drug-likeness (QED) is 0.354. The lowest BCUT2D eigenvalue weighted by molar-refractivity contribution is 0.258. The maximum atomic E-state index is 3.63. The number of hydrogen-bond acceptors (Lipinski definition) is 8. The van der Waals surface area contributed by atoms with Crippen LogP contribution in [0.5, 0.6) is 0 Å². The number of benzene rings is 1. The Hall–Kier alpha value is -1.10. The Morgan fingerprint density at radius 1 is 0.389 bits per heavy atom. The minimum atomic E-state index is 1.04. The third-order valence-corrected chi connectivity index (χ3v) is 7.07. The van der Waals surface area contributed by atoms with Crippen molar-refractivity contribution in [3.8, 4) is 0 Å². The van der Waals surface area contributed by atoms with Gasteiger partial charge in [-0.3, -0.25) is 9.80 Å². The summed E-state index contributed by atoms with van der Waals surface area (Å²) in [7, 11) is 0. The molecule has 2 aliphatic heterocycles. The van der Waals surface area contributed by atoms with Crippen molar-refractivity contribution in [3.05, 3.63) is 35.4 Å². The average molecular weight is 503 g/mol. The van der Waals surface area contributed by atoms with E-state index in [1.54, 1.807) is 0 Å². The van der Waals surface area contributed by atoms with Crippen LogP contribution in [0.4, 0.5) is 0 Å². The Bertz CT molecular complexity index is 558. The molecule has 0 unspecified atom stereocenters. The van der Waals surface area contributed by atoms with Gasteiger partial charge in [0.2, 0.25) is 0 Å². The second-order valence-electron chi connectivity index (χ2n) is 10.3. The molecule has 206 valence electrons. The van der Waals surface area contributed by atoms with Crippen molar-refractivity contribution in [2.75, 3.05) is 105 Å². The average Bonchev–Trinajstić information content (AvgIpc) is 2.89. The molecule has 1 aromatic carbocycles. The third-order valence-electron chi connectivity index (χ3n) is 7.07. The van der Waals surface area contributed by atoms with E-state index in [-0.39, 0.29) is 0 Å². The second kappa shape index (κ2) is 19.9. The summed E-state index contributed by atoms with van der Waals surface area (Å²) in [5.41, 5.74) is 2.85. The molecule has 1 aromatic rings. The fourth-order valence-corrected chi connectivity index (χ4v) is 4.92. The fourth-order valence-electron chi connectivity index (χ4n) is 4.92. The third kappa shape index (κ3) is 14.0. The van der Waals surface area contributed by atoms with E-state index < -0.39 is 0 Å². The smallest absolute Gasteiger partial charge is 0.0234 e. The second-order valence-corrected chi connectivity index (χ2v) is 10.3. The first kappa shape index (κ1) is 29.5. The van der Waals surface area contributed by atoms with E-state index in [9.17, 15) is 0 Å². The topological polar surface area (TPSA) is 78.7 Å². The molecule has 2 saturated heterocycles. The zero-order valence-electron chi connectivity index (χ0n) is 22.8. The van der Waals surface area contributed by atoms with Gasteiger partial charge in [-0.25, -0.2) is 0 Å². The zero-order chi connectivity index (χ0) is 24.9. The van der Waals surface area contributed by atoms with E-state index >= 15 is 0 Å². The van der Waals surface area contributed by atoms with E-state index in [1.165, 1.54) is 36.8 Å². The lowest BCUT2D eigenvalue weighted by Gasteiger charge is -2.24. The Labute approximate surface area is 220 Å². The summed E-state index contributed by atoms with van der Waals surface area (Å²) in [5, 5.41) is 21.4. The van der Waals surface area contributed by atoms with E-state index in [0.717, 1.165) is 118 Å². The molecule has 0 aliphatic carbocycles. The van der Waals surface area contributed by atoms with Gasteiger partial charge in [-0.1, -0.05) is 24.3 Å². The van der Waals surface area contributed by atoms with Crippen LogP contribution in [0.25, 0.3) is 0 Å². The number of rotatable bonds is 4. The number of nitrogens with one attached hydrogen (secondary N) is 6. The van der Waals surface area contributed by atoms with Crippen LogP contribution in [0.3, 0.4) is 0 Å². The van der Waals surface area contributed by atoms with Crippen LogP contribution in [-0.2, 0) is 13.1 Å². The largest absolute Gasteiger partial charge is 0.317 e. The molecule has 0 amide bonds. The van der Waals surface area contributed by atoms with E-state index in [0.29, 0.717) is 0 Å². The SMILES string of the molecule is c1cc(CN2CCCNCCCNCCNCC2)ccc1CN1CCCNCCNCCCNCC1. The van der Waals surface area contributed by atoms with Crippen LogP contribution in [0.1, 0.15) is 36.8 Å². The molecule has 8 nitrogen and oxygen atoms in total. The monoisotopic (exact) mass is 502 g/mol. The molecule has 0 atom stereocenters. The maximum Gasteiger partial charge on any atom is 0.0234 e. The van der Waals surface area contributed by atoms with Crippen LogP contribution in [0, 0.1) is 0 Å². The highest BCUT2D eigenvalue weighted by Crippen LogP contribution is 2.11. The fraction of sp³-hybridized carbons (Fsp3) is 0.786. The van der Waals surface area contributed by atoms with Crippen molar-refractivity contribution in [3.63, 3.8) is 0 Å². The van der Waals surface area contributed by atoms with E-state index in [1.807, 2.05) is 0 Å². The standard InChI is InChI=1S/C28H54N8/c1-9-29-13-3-21-36(24-20-34-18-17-31-10-1)26-28-7-5-27(6-8-28)25-35-22-4-14-32-16-15-30-11-2-12-33-19-23-35/h5-8,29-34H,1-4,9-26H2. The molecular formula is C28H54N8. The molecule has 0 spiro atoms. The van der Waals surface area contributed by atoms with Gasteiger partial charge in [0.1, 0.15) is 0 Å². The minimum absolute atomic E-state index is 1.04. The summed E-state index contributed by atoms with van der Waals surface area (Å²) in [6, 6.07) is 9.42. The highest BCUT2D eigenvalue weighted by atomic mass is 15.1. The predicted octanol–water partition coefficient (Wildman–Crippen LogP) is 0.416. The van der Waals surface area contributed by atoms with Gasteiger partial charge in [0, 0.05) is 65.4 Å². The molecule has 0 radical (unpaired) electrons. The summed E-state index contributed by atoms with van der Waals surface area (Å²) in [6.07, 6.45) is 4.81. The molecule has 2 aliphatic rings. The van der Waals surface area contributed by atoms with Crippen LogP contribution >= 0.6 is 0 Å². The van der Waals surface area contributed by atoms with Crippen molar-refractivity contribution in [1.29, 1.82) is 0 Å². The predicted molar refractivity (Wildman–Crippen MR) is 153 cm³/mol. The zero-order valence-corrected chi connectivity index (χ0v) is 22.8. The van der Waals surface area contributed by atoms with Gasteiger partial charge in [0.25, 0.3) is 0 Å². The van der Waals surface area contributed by atoms with Crippen molar-refractivity contribution in [2.24, 2.45) is 0 Å². The molecule has 2 heterocycles. The lowest BCUT2D eigenvalue weighted by Crippen LogP contribution is -2.37. The van der Waals surface area contributed by atoms with Gasteiger partial charge in [-0.15, -0.1) is 0 Å². The van der Waals surface area contributed by atoms with Gasteiger partial charge >= 0.3 is 0 Å². The summed E-state index contributed by atoms with van der Waals surface area (Å²) in [6.45, 7) is 19.6. The van der Waals surface area contributed by atoms with Gasteiger partial charge in [0.15, 0.2) is 0 Å². The van der Waals surface area contributed by atoms with Crippen LogP contribution < -0.4 is 31.9 Å². The van der Waals surface area contributed by atoms with Gasteiger partial charge in [0.05, 0.1) is 0 Å². The number of nitrogens with zero attached hydrogens (tertiary/aromatic N) is 2. The highest BCUT2D eigenvalue weighted by Gasteiger charge is 2.09. The van der Waals surface area contributed by atoms with Crippen LogP contribution in [0.15, 0.2) is 24.3 Å². The molecule has 36 heavy (non-hydrogen) atoms. The van der Waals surface area contributed by atoms with Crippen LogP contribution in [0.2, 0.25) is 0 Å². The van der Waals surface area contributed by atoms with E-state index in [2.05, 4.69) is 66.0 Å². The Balaban J connectivity index is 1.45. The molecule has 2 fully saturated rings. The first-order valence-electron chi connectivity index (χ1n) is 14.7. The van der Waals surface area contributed by atoms with E-state index in [4.69, 9.17) is 0 Å². The normalized spacial score (nSPS) is 22.9.